The third-order valence-corrected chi connectivity index (χ3v) is 4.07. The van der Waals surface area contributed by atoms with Crippen molar-refractivity contribution in [3.8, 4) is 0 Å². The van der Waals surface area contributed by atoms with Crippen molar-refractivity contribution in [3.63, 3.8) is 0 Å². The zero-order valence-electron chi connectivity index (χ0n) is 16.0. The average Bonchev–Trinajstić information content (AvgIpc) is 2.70. The Bertz CT molecular complexity index is 768. The molecular formula is C22H27N3O2. The third-order valence-electron chi connectivity index (χ3n) is 4.07. The molecule has 0 bridgehead atoms. The van der Waals surface area contributed by atoms with Crippen LogP contribution in [-0.4, -0.2) is 17.5 Å². The molecule has 2 aromatic rings. The molecule has 0 heterocycles. The van der Waals surface area contributed by atoms with Gasteiger partial charge in [0.1, 0.15) is 0 Å². The summed E-state index contributed by atoms with van der Waals surface area (Å²) in [6, 6.07) is 16.6. The molecule has 5 nitrogen and oxygen atoms in total. The van der Waals surface area contributed by atoms with Gasteiger partial charge in [0.05, 0.1) is 5.71 Å². The molecular weight excluding hydrogens is 338 g/mol. The topological polar surface area (TPSA) is 70.6 Å². The lowest BCUT2D eigenvalue weighted by Gasteiger charge is -2.08. The minimum Gasteiger partial charge on any atom is -0.326 e. The first-order valence-electron chi connectivity index (χ1n) is 9.46. The normalized spacial score (nSPS) is 11.1. The summed E-state index contributed by atoms with van der Waals surface area (Å²) in [4.78, 5) is 24.1. The minimum absolute atomic E-state index is 0.00859. The fourth-order valence-corrected chi connectivity index (χ4v) is 2.58. The molecule has 5 heteroatoms. The summed E-state index contributed by atoms with van der Waals surface area (Å²) in [6.45, 7) is 4.13. The maximum Gasteiger partial charge on any atom is 0.271 e. The van der Waals surface area contributed by atoms with E-state index in [1.807, 2.05) is 37.3 Å². The molecule has 0 aliphatic carbocycles. The first kappa shape index (κ1) is 20.4. The molecule has 0 aromatic heterocycles. The lowest BCUT2D eigenvalue weighted by molar-refractivity contribution is -0.116. The monoisotopic (exact) mass is 365 g/mol. The molecule has 2 rings (SSSR count). The zero-order chi connectivity index (χ0) is 19.5. The van der Waals surface area contributed by atoms with Crippen molar-refractivity contribution >= 4 is 23.2 Å². The number of carbonyl (C=O) groups excluding carboxylic acids is 2. The molecule has 2 aromatic carbocycles. The summed E-state index contributed by atoms with van der Waals surface area (Å²) in [7, 11) is 0. The highest BCUT2D eigenvalue weighted by molar-refractivity contribution is 6.02. The van der Waals surface area contributed by atoms with Gasteiger partial charge >= 0.3 is 0 Å². The van der Waals surface area contributed by atoms with Gasteiger partial charge in [-0.15, -0.1) is 0 Å². The molecule has 0 radical (unpaired) electrons. The van der Waals surface area contributed by atoms with E-state index in [0.29, 0.717) is 17.7 Å². The van der Waals surface area contributed by atoms with Crippen LogP contribution in [0.4, 0.5) is 5.69 Å². The van der Waals surface area contributed by atoms with Crippen molar-refractivity contribution in [1.82, 2.24) is 5.43 Å². The van der Waals surface area contributed by atoms with E-state index in [9.17, 15) is 9.59 Å². The molecule has 2 amide bonds. The van der Waals surface area contributed by atoms with Gasteiger partial charge in [-0.3, -0.25) is 9.59 Å². The summed E-state index contributed by atoms with van der Waals surface area (Å²) in [5, 5.41) is 7.15. The van der Waals surface area contributed by atoms with Crippen LogP contribution in [0.3, 0.4) is 0 Å². The lowest BCUT2D eigenvalue weighted by atomic mass is 10.1. The van der Waals surface area contributed by atoms with E-state index >= 15 is 0 Å². The smallest absolute Gasteiger partial charge is 0.271 e. The van der Waals surface area contributed by atoms with Crippen LogP contribution in [0, 0.1) is 0 Å². The molecule has 0 aliphatic heterocycles. The van der Waals surface area contributed by atoms with E-state index in [2.05, 4.69) is 22.8 Å². The Morgan fingerprint density at radius 3 is 2.19 bits per heavy atom. The van der Waals surface area contributed by atoms with Gasteiger partial charge in [0.25, 0.3) is 5.91 Å². The number of hydrogen-bond acceptors (Lipinski definition) is 3. The molecule has 0 saturated carbocycles. The van der Waals surface area contributed by atoms with Crippen molar-refractivity contribution in [2.24, 2.45) is 5.10 Å². The predicted octanol–water partition coefficient (Wildman–Crippen LogP) is 4.75. The van der Waals surface area contributed by atoms with Crippen molar-refractivity contribution < 1.29 is 9.59 Å². The quantitative estimate of drug-likeness (QED) is 0.497. The third kappa shape index (κ3) is 6.70. The van der Waals surface area contributed by atoms with E-state index in [-0.39, 0.29) is 11.8 Å². The van der Waals surface area contributed by atoms with Crippen LogP contribution in [0.25, 0.3) is 0 Å². The molecule has 142 valence electrons. The van der Waals surface area contributed by atoms with E-state index < -0.39 is 0 Å². The molecule has 2 N–H and O–H groups in total. The van der Waals surface area contributed by atoms with E-state index in [1.165, 1.54) is 0 Å². The Hall–Kier alpha value is -2.95. The summed E-state index contributed by atoms with van der Waals surface area (Å²) >= 11 is 0. The summed E-state index contributed by atoms with van der Waals surface area (Å²) in [5.41, 5.74) is 5.67. The van der Waals surface area contributed by atoms with Crippen LogP contribution < -0.4 is 10.7 Å². The number of hydrogen-bond donors (Lipinski definition) is 2. The Kier molecular flexibility index (Phi) is 8.23. The molecule has 0 atom stereocenters. The number of anilines is 1. The molecule has 0 spiro atoms. The van der Waals surface area contributed by atoms with Gasteiger partial charge in [-0.05, 0) is 42.7 Å². The van der Waals surface area contributed by atoms with Gasteiger partial charge in [-0.25, -0.2) is 5.43 Å². The lowest BCUT2D eigenvalue weighted by Crippen LogP contribution is -2.20. The zero-order valence-corrected chi connectivity index (χ0v) is 16.0. The van der Waals surface area contributed by atoms with Crippen LogP contribution in [0.1, 0.15) is 61.9 Å². The standard InChI is InChI=1S/C22H27N3O2/c1-3-5-12-21(26)23-19-15-13-18(14-16-19)22(27)25-24-20(9-4-2)17-10-7-6-8-11-17/h6-8,10-11,13-16H,3-5,9,12H2,1-2H3,(H,23,26)(H,25,27). The summed E-state index contributed by atoms with van der Waals surface area (Å²) in [5.74, 6) is -0.283. The fourth-order valence-electron chi connectivity index (χ4n) is 2.58. The first-order chi connectivity index (χ1) is 13.1. The Balaban J connectivity index is 1.99. The van der Waals surface area contributed by atoms with Crippen LogP contribution in [0.15, 0.2) is 59.7 Å². The molecule has 0 saturated heterocycles. The second kappa shape index (κ2) is 10.9. The van der Waals surface area contributed by atoms with Gasteiger partial charge < -0.3 is 5.32 Å². The second-order valence-corrected chi connectivity index (χ2v) is 6.34. The summed E-state index contributed by atoms with van der Waals surface area (Å²) < 4.78 is 0. The number of nitrogens with one attached hydrogen (secondary N) is 2. The number of amides is 2. The van der Waals surface area contributed by atoms with Crippen LogP contribution >= 0.6 is 0 Å². The largest absolute Gasteiger partial charge is 0.326 e. The number of hydrazone groups is 1. The predicted molar refractivity (Wildman–Crippen MR) is 110 cm³/mol. The Morgan fingerprint density at radius 2 is 1.56 bits per heavy atom. The Labute approximate surface area is 160 Å². The van der Waals surface area contributed by atoms with Crippen molar-refractivity contribution in [3.05, 3.63) is 65.7 Å². The highest BCUT2D eigenvalue weighted by atomic mass is 16.2. The number of carbonyl (C=O) groups is 2. The van der Waals surface area contributed by atoms with E-state index in [4.69, 9.17) is 0 Å². The van der Waals surface area contributed by atoms with Crippen LogP contribution in [0.2, 0.25) is 0 Å². The molecule has 0 unspecified atom stereocenters. The van der Waals surface area contributed by atoms with Gasteiger partial charge in [0, 0.05) is 17.7 Å². The van der Waals surface area contributed by atoms with Crippen molar-refractivity contribution in [2.45, 2.75) is 46.0 Å². The number of nitrogens with zero attached hydrogens (tertiary/aromatic N) is 1. The number of unbranched alkanes of at least 4 members (excludes halogenated alkanes) is 1. The summed E-state index contributed by atoms with van der Waals surface area (Å²) in [6.07, 6.45) is 4.08. The number of rotatable bonds is 9. The van der Waals surface area contributed by atoms with Gasteiger partial charge in [0.2, 0.25) is 5.91 Å². The SMILES string of the molecule is CCCCC(=O)Nc1ccc(C(=O)NN=C(CCC)c2ccccc2)cc1. The Morgan fingerprint density at radius 1 is 0.852 bits per heavy atom. The van der Waals surface area contributed by atoms with Crippen LogP contribution in [-0.2, 0) is 4.79 Å². The maximum atomic E-state index is 12.4. The van der Waals surface area contributed by atoms with Gasteiger partial charge in [-0.1, -0.05) is 57.0 Å². The van der Waals surface area contributed by atoms with Gasteiger partial charge in [-0.2, -0.15) is 5.10 Å². The van der Waals surface area contributed by atoms with E-state index in [1.54, 1.807) is 24.3 Å². The minimum atomic E-state index is -0.275. The number of benzene rings is 2. The van der Waals surface area contributed by atoms with E-state index in [0.717, 1.165) is 37.0 Å². The second-order valence-electron chi connectivity index (χ2n) is 6.34. The fraction of sp³-hybridized carbons (Fsp3) is 0.318. The molecule has 27 heavy (non-hydrogen) atoms. The average molecular weight is 365 g/mol. The van der Waals surface area contributed by atoms with Gasteiger partial charge in [0.15, 0.2) is 0 Å². The first-order valence-corrected chi connectivity index (χ1v) is 9.46. The van der Waals surface area contributed by atoms with Crippen LogP contribution in [0.5, 0.6) is 0 Å². The maximum absolute atomic E-state index is 12.4. The molecule has 0 aliphatic rings. The molecule has 0 fully saturated rings. The highest BCUT2D eigenvalue weighted by Gasteiger charge is 2.08. The highest BCUT2D eigenvalue weighted by Crippen LogP contribution is 2.11. The van der Waals surface area contributed by atoms with Crippen molar-refractivity contribution in [2.75, 3.05) is 5.32 Å². The van der Waals surface area contributed by atoms with Crippen molar-refractivity contribution in [1.29, 1.82) is 0 Å².